The molecule has 2 heterocycles. The van der Waals surface area contributed by atoms with Crippen molar-refractivity contribution in [3.63, 3.8) is 0 Å². The Morgan fingerprint density at radius 3 is 3.17 bits per heavy atom. The van der Waals surface area contributed by atoms with E-state index in [0.29, 0.717) is 5.92 Å². The van der Waals surface area contributed by atoms with Crippen molar-refractivity contribution < 1.29 is 0 Å². The Kier molecular flexibility index (Phi) is 3.37. The highest BCUT2D eigenvalue weighted by Gasteiger charge is 2.13. The Morgan fingerprint density at radius 2 is 2.28 bits per heavy atom. The maximum absolute atomic E-state index is 4.13. The smallest absolute Gasteiger partial charge is 0.0950 e. The first-order chi connectivity index (χ1) is 8.93. The van der Waals surface area contributed by atoms with E-state index in [1.54, 1.807) is 0 Å². The second-order valence-electron chi connectivity index (χ2n) is 4.87. The van der Waals surface area contributed by atoms with E-state index in [1.165, 1.54) is 12.8 Å². The van der Waals surface area contributed by atoms with Crippen LogP contribution in [0.4, 0.5) is 5.69 Å². The molecule has 1 atom stereocenters. The summed E-state index contributed by atoms with van der Waals surface area (Å²) in [6.07, 6.45) is 4.40. The van der Waals surface area contributed by atoms with Crippen LogP contribution in [0.1, 0.15) is 12.8 Å². The standard InChI is InChI=1S/C14H18N4/c1-2-6-13-12(5-1)14(10-17-18-13)16-9-11-4-3-7-15-8-11/h1-2,5-6,10-11,15H,3-4,7-9H2,(H,16,18). The van der Waals surface area contributed by atoms with Gasteiger partial charge in [0.25, 0.3) is 0 Å². The molecule has 2 aromatic rings. The fraction of sp³-hybridized carbons (Fsp3) is 0.429. The number of rotatable bonds is 3. The third kappa shape index (κ3) is 2.43. The predicted octanol–water partition coefficient (Wildman–Crippen LogP) is 2.04. The second kappa shape index (κ2) is 5.31. The van der Waals surface area contributed by atoms with E-state index in [1.807, 2.05) is 24.4 Å². The third-order valence-electron chi connectivity index (χ3n) is 3.53. The summed E-state index contributed by atoms with van der Waals surface area (Å²) in [6, 6.07) is 8.12. The Balaban J connectivity index is 1.74. The molecular weight excluding hydrogens is 224 g/mol. The van der Waals surface area contributed by atoms with Crippen LogP contribution in [0.15, 0.2) is 30.5 Å². The molecule has 4 heteroatoms. The zero-order chi connectivity index (χ0) is 12.2. The van der Waals surface area contributed by atoms with Gasteiger partial charge in [-0.3, -0.25) is 0 Å². The van der Waals surface area contributed by atoms with Crippen molar-refractivity contribution in [1.82, 2.24) is 15.5 Å². The molecule has 0 amide bonds. The third-order valence-corrected chi connectivity index (χ3v) is 3.53. The minimum atomic E-state index is 0.714. The molecule has 94 valence electrons. The molecule has 0 radical (unpaired) electrons. The van der Waals surface area contributed by atoms with Gasteiger partial charge in [-0.2, -0.15) is 10.2 Å². The number of nitrogens with zero attached hydrogens (tertiary/aromatic N) is 2. The molecule has 18 heavy (non-hydrogen) atoms. The number of nitrogens with one attached hydrogen (secondary N) is 2. The summed E-state index contributed by atoms with van der Waals surface area (Å²) < 4.78 is 0. The van der Waals surface area contributed by atoms with Crippen LogP contribution in [0.3, 0.4) is 0 Å². The maximum Gasteiger partial charge on any atom is 0.0950 e. The highest BCUT2D eigenvalue weighted by Crippen LogP contribution is 2.20. The minimum Gasteiger partial charge on any atom is -0.383 e. The fourth-order valence-electron chi connectivity index (χ4n) is 2.50. The van der Waals surface area contributed by atoms with Gasteiger partial charge in [0.15, 0.2) is 0 Å². The van der Waals surface area contributed by atoms with Crippen LogP contribution >= 0.6 is 0 Å². The van der Waals surface area contributed by atoms with Crippen LogP contribution in [0.25, 0.3) is 10.9 Å². The van der Waals surface area contributed by atoms with Crippen LogP contribution in [-0.2, 0) is 0 Å². The van der Waals surface area contributed by atoms with Gasteiger partial charge in [-0.25, -0.2) is 0 Å². The monoisotopic (exact) mass is 242 g/mol. The molecule has 3 rings (SSSR count). The number of hydrogen-bond acceptors (Lipinski definition) is 4. The second-order valence-corrected chi connectivity index (χ2v) is 4.87. The largest absolute Gasteiger partial charge is 0.383 e. The molecule has 1 aromatic carbocycles. The van der Waals surface area contributed by atoms with Crippen molar-refractivity contribution in [1.29, 1.82) is 0 Å². The molecule has 1 fully saturated rings. The Hall–Kier alpha value is -1.68. The van der Waals surface area contributed by atoms with E-state index in [2.05, 4.69) is 26.9 Å². The number of anilines is 1. The summed E-state index contributed by atoms with van der Waals surface area (Å²) in [7, 11) is 0. The van der Waals surface area contributed by atoms with Crippen molar-refractivity contribution in [3.8, 4) is 0 Å². The molecule has 1 aromatic heterocycles. The van der Waals surface area contributed by atoms with E-state index in [0.717, 1.165) is 36.2 Å². The highest BCUT2D eigenvalue weighted by atomic mass is 15.1. The normalized spacial score (nSPS) is 19.9. The average Bonchev–Trinajstić information content (AvgIpc) is 2.46. The maximum atomic E-state index is 4.13. The van der Waals surface area contributed by atoms with E-state index < -0.39 is 0 Å². The zero-order valence-corrected chi connectivity index (χ0v) is 10.4. The van der Waals surface area contributed by atoms with Gasteiger partial charge in [0.05, 0.1) is 17.4 Å². The lowest BCUT2D eigenvalue weighted by Gasteiger charge is -2.23. The predicted molar refractivity (Wildman–Crippen MR) is 73.6 cm³/mol. The lowest BCUT2D eigenvalue weighted by Crippen LogP contribution is -2.33. The molecular formula is C14H18N4. The van der Waals surface area contributed by atoms with Gasteiger partial charge in [-0.15, -0.1) is 0 Å². The van der Waals surface area contributed by atoms with Gasteiger partial charge in [0.2, 0.25) is 0 Å². The molecule has 1 aliphatic heterocycles. The quantitative estimate of drug-likeness (QED) is 0.865. The highest BCUT2D eigenvalue weighted by molar-refractivity contribution is 5.90. The van der Waals surface area contributed by atoms with Crippen molar-refractivity contribution in [3.05, 3.63) is 30.5 Å². The first-order valence-corrected chi connectivity index (χ1v) is 6.58. The summed E-state index contributed by atoms with van der Waals surface area (Å²) in [5, 5.41) is 16.3. The summed E-state index contributed by atoms with van der Waals surface area (Å²) in [4.78, 5) is 0. The van der Waals surface area contributed by atoms with Gasteiger partial charge < -0.3 is 10.6 Å². The Morgan fingerprint density at radius 1 is 1.33 bits per heavy atom. The van der Waals surface area contributed by atoms with E-state index in [-0.39, 0.29) is 0 Å². The first-order valence-electron chi connectivity index (χ1n) is 6.58. The average molecular weight is 242 g/mol. The van der Waals surface area contributed by atoms with E-state index in [4.69, 9.17) is 0 Å². The SMILES string of the molecule is c1ccc2c(NCC3CCCNC3)cnnc2c1. The molecule has 1 unspecified atom stereocenters. The summed E-state index contributed by atoms with van der Waals surface area (Å²) >= 11 is 0. The molecule has 0 spiro atoms. The molecule has 4 nitrogen and oxygen atoms in total. The zero-order valence-electron chi connectivity index (χ0n) is 10.4. The van der Waals surface area contributed by atoms with Crippen molar-refractivity contribution >= 4 is 16.6 Å². The number of hydrogen-bond donors (Lipinski definition) is 2. The summed E-state index contributed by atoms with van der Waals surface area (Å²) in [6.45, 7) is 3.28. The van der Waals surface area contributed by atoms with Crippen molar-refractivity contribution in [2.24, 2.45) is 5.92 Å². The number of fused-ring (bicyclic) bond motifs is 1. The molecule has 0 aliphatic carbocycles. The van der Waals surface area contributed by atoms with Gasteiger partial charge in [-0.1, -0.05) is 18.2 Å². The Bertz CT molecular complexity index is 515. The van der Waals surface area contributed by atoms with Crippen LogP contribution in [-0.4, -0.2) is 29.8 Å². The number of aromatic nitrogens is 2. The molecule has 0 saturated carbocycles. The van der Waals surface area contributed by atoms with Crippen LogP contribution in [0.2, 0.25) is 0 Å². The van der Waals surface area contributed by atoms with Crippen molar-refractivity contribution in [2.45, 2.75) is 12.8 Å². The minimum absolute atomic E-state index is 0.714. The van der Waals surface area contributed by atoms with Crippen LogP contribution in [0.5, 0.6) is 0 Å². The van der Waals surface area contributed by atoms with Gasteiger partial charge in [0, 0.05) is 11.9 Å². The number of benzene rings is 1. The fourth-order valence-corrected chi connectivity index (χ4v) is 2.50. The van der Waals surface area contributed by atoms with Crippen molar-refractivity contribution in [2.75, 3.05) is 25.0 Å². The van der Waals surface area contributed by atoms with Crippen LogP contribution in [0, 0.1) is 5.92 Å². The van der Waals surface area contributed by atoms with Gasteiger partial charge in [-0.05, 0) is 37.9 Å². The molecule has 1 aliphatic rings. The van der Waals surface area contributed by atoms with Gasteiger partial charge in [0.1, 0.15) is 0 Å². The first kappa shape index (κ1) is 11.4. The summed E-state index contributed by atoms with van der Waals surface area (Å²) in [5.41, 5.74) is 2.04. The lowest BCUT2D eigenvalue weighted by atomic mass is 9.99. The number of piperidine rings is 1. The van der Waals surface area contributed by atoms with E-state index >= 15 is 0 Å². The molecule has 0 bridgehead atoms. The molecule has 2 N–H and O–H groups in total. The van der Waals surface area contributed by atoms with Crippen LogP contribution < -0.4 is 10.6 Å². The molecule has 1 saturated heterocycles. The van der Waals surface area contributed by atoms with E-state index in [9.17, 15) is 0 Å². The van der Waals surface area contributed by atoms with Gasteiger partial charge >= 0.3 is 0 Å². The topological polar surface area (TPSA) is 49.8 Å². The Labute approximate surface area is 107 Å². The summed E-state index contributed by atoms with van der Waals surface area (Å²) in [5.74, 6) is 0.714. The lowest BCUT2D eigenvalue weighted by molar-refractivity contribution is 0.393.